The van der Waals surface area contributed by atoms with Crippen molar-refractivity contribution in [2.24, 2.45) is 5.73 Å². The maximum Gasteiger partial charge on any atom is 0.248 e. The molecule has 1 aliphatic carbocycles. The van der Waals surface area contributed by atoms with Crippen molar-refractivity contribution in [3.8, 4) is 0 Å². The largest absolute Gasteiger partial charge is 0.389 e. The van der Waals surface area contributed by atoms with Gasteiger partial charge >= 0.3 is 0 Å². The summed E-state index contributed by atoms with van der Waals surface area (Å²) in [6, 6.07) is 5.54. The fraction of sp³-hybridized carbons (Fsp3) is 0.562. The van der Waals surface area contributed by atoms with Crippen LogP contribution in [0.1, 0.15) is 47.2 Å². The summed E-state index contributed by atoms with van der Waals surface area (Å²) in [5.74, 6) is -0.395. The summed E-state index contributed by atoms with van der Waals surface area (Å²) in [4.78, 5) is 13.3. The number of carbonyl (C=O) groups excluding carboxylic acids is 1. The van der Waals surface area contributed by atoms with Gasteiger partial charge in [-0.1, -0.05) is 18.9 Å². The molecule has 0 bridgehead atoms. The van der Waals surface area contributed by atoms with Crippen LogP contribution in [0.5, 0.6) is 0 Å². The van der Waals surface area contributed by atoms with Gasteiger partial charge in [-0.05, 0) is 50.1 Å². The van der Waals surface area contributed by atoms with E-state index in [1.54, 1.807) is 6.07 Å². The predicted molar refractivity (Wildman–Crippen MR) is 79.4 cm³/mol. The van der Waals surface area contributed by atoms with Crippen molar-refractivity contribution in [1.29, 1.82) is 0 Å². The van der Waals surface area contributed by atoms with Gasteiger partial charge in [0.15, 0.2) is 0 Å². The first-order valence-electron chi connectivity index (χ1n) is 7.20. The Morgan fingerprint density at radius 3 is 2.60 bits per heavy atom. The second-order valence-corrected chi connectivity index (χ2v) is 6.11. The Bertz CT molecular complexity index is 493. The lowest BCUT2D eigenvalue weighted by molar-refractivity contribution is 0.0145. The molecule has 0 saturated heterocycles. The molecule has 0 aliphatic heterocycles. The molecule has 0 heterocycles. The van der Waals surface area contributed by atoms with Crippen LogP contribution in [0.4, 0.5) is 0 Å². The molecule has 0 atom stereocenters. The zero-order chi connectivity index (χ0) is 14.8. The number of nitrogens with zero attached hydrogens (tertiary/aromatic N) is 1. The van der Waals surface area contributed by atoms with Crippen LogP contribution in [0, 0.1) is 6.92 Å². The maximum atomic E-state index is 11.1. The Kier molecular flexibility index (Phi) is 4.45. The van der Waals surface area contributed by atoms with Gasteiger partial charge in [0.25, 0.3) is 0 Å². The maximum absolute atomic E-state index is 11.1. The van der Waals surface area contributed by atoms with E-state index < -0.39 is 11.5 Å². The first-order valence-corrected chi connectivity index (χ1v) is 7.20. The topological polar surface area (TPSA) is 66.6 Å². The first-order chi connectivity index (χ1) is 9.39. The quantitative estimate of drug-likeness (QED) is 0.862. The predicted octanol–water partition coefficient (Wildman–Crippen LogP) is 1.83. The van der Waals surface area contributed by atoms with Crippen LogP contribution in [0.25, 0.3) is 0 Å². The van der Waals surface area contributed by atoms with E-state index in [9.17, 15) is 9.90 Å². The number of likely N-dealkylation sites (N-methyl/N-ethyl adjacent to an activating group) is 1. The normalized spacial score (nSPS) is 17.6. The second-order valence-electron chi connectivity index (χ2n) is 6.11. The summed E-state index contributed by atoms with van der Waals surface area (Å²) < 4.78 is 0. The SMILES string of the molecule is Cc1cc(C(N)=O)ccc1CN(C)CC1(O)CCCC1. The van der Waals surface area contributed by atoms with Crippen molar-refractivity contribution >= 4 is 5.91 Å². The summed E-state index contributed by atoms with van der Waals surface area (Å²) in [5, 5.41) is 10.4. The van der Waals surface area contributed by atoms with Gasteiger partial charge in [-0.15, -0.1) is 0 Å². The van der Waals surface area contributed by atoms with Crippen molar-refractivity contribution in [2.75, 3.05) is 13.6 Å². The highest BCUT2D eigenvalue weighted by Crippen LogP contribution is 2.30. The molecule has 0 spiro atoms. The van der Waals surface area contributed by atoms with Gasteiger partial charge in [0.05, 0.1) is 5.60 Å². The van der Waals surface area contributed by atoms with E-state index >= 15 is 0 Å². The van der Waals surface area contributed by atoms with Crippen LogP contribution in [-0.2, 0) is 6.54 Å². The zero-order valence-electron chi connectivity index (χ0n) is 12.4. The molecule has 1 fully saturated rings. The van der Waals surface area contributed by atoms with E-state index in [2.05, 4.69) is 4.90 Å². The number of aliphatic hydroxyl groups is 1. The van der Waals surface area contributed by atoms with Gasteiger partial charge in [-0.3, -0.25) is 9.69 Å². The highest BCUT2D eigenvalue weighted by molar-refractivity contribution is 5.93. The lowest BCUT2D eigenvalue weighted by Crippen LogP contribution is -2.38. The molecule has 110 valence electrons. The fourth-order valence-electron chi connectivity index (χ4n) is 3.07. The van der Waals surface area contributed by atoms with E-state index in [-0.39, 0.29) is 0 Å². The first kappa shape index (κ1) is 15.0. The molecule has 4 nitrogen and oxygen atoms in total. The van der Waals surface area contributed by atoms with Crippen LogP contribution >= 0.6 is 0 Å². The van der Waals surface area contributed by atoms with E-state index in [0.717, 1.165) is 37.8 Å². The van der Waals surface area contributed by atoms with E-state index in [1.807, 2.05) is 26.1 Å². The summed E-state index contributed by atoms with van der Waals surface area (Å²) in [7, 11) is 2.03. The minimum Gasteiger partial charge on any atom is -0.389 e. The Morgan fingerprint density at radius 2 is 2.05 bits per heavy atom. The summed E-state index contributed by atoms with van der Waals surface area (Å²) in [6.45, 7) is 3.46. The second kappa shape index (κ2) is 5.94. The molecular weight excluding hydrogens is 252 g/mol. The highest BCUT2D eigenvalue weighted by atomic mass is 16.3. The highest BCUT2D eigenvalue weighted by Gasteiger charge is 2.32. The third kappa shape index (κ3) is 3.58. The lowest BCUT2D eigenvalue weighted by Gasteiger charge is -2.29. The number of hydrogen-bond donors (Lipinski definition) is 2. The monoisotopic (exact) mass is 276 g/mol. The van der Waals surface area contributed by atoms with Crippen molar-refractivity contribution in [3.63, 3.8) is 0 Å². The number of rotatable bonds is 5. The molecule has 1 amide bonds. The molecule has 0 aromatic heterocycles. The Balaban J connectivity index is 2.00. The van der Waals surface area contributed by atoms with Gasteiger partial charge in [0.2, 0.25) is 5.91 Å². The smallest absolute Gasteiger partial charge is 0.248 e. The zero-order valence-corrected chi connectivity index (χ0v) is 12.4. The fourth-order valence-corrected chi connectivity index (χ4v) is 3.07. The third-order valence-electron chi connectivity index (χ3n) is 4.17. The van der Waals surface area contributed by atoms with Gasteiger partial charge in [0, 0.05) is 18.7 Å². The number of primary amides is 1. The molecule has 3 N–H and O–H groups in total. The average molecular weight is 276 g/mol. The van der Waals surface area contributed by atoms with Crippen molar-refractivity contribution in [1.82, 2.24) is 4.90 Å². The number of aryl methyl sites for hydroxylation is 1. The van der Waals surface area contributed by atoms with Gasteiger partial charge < -0.3 is 10.8 Å². The number of carbonyl (C=O) groups is 1. The standard InChI is InChI=1S/C16H24N2O2/c1-12-9-13(15(17)19)5-6-14(12)10-18(2)11-16(20)7-3-4-8-16/h5-6,9,20H,3-4,7-8,10-11H2,1-2H3,(H2,17,19). The number of amides is 1. The molecule has 20 heavy (non-hydrogen) atoms. The molecule has 1 saturated carbocycles. The summed E-state index contributed by atoms with van der Waals surface area (Å²) in [5.41, 5.74) is 7.53. The Morgan fingerprint density at radius 1 is 1.40 bits per heavy atom. The molecular formula is C16H24N2O2. The van der Waals surface area contributed by atoms with Crippen molar-refractivity contribution in [3.05, 3.63) is 34.9 Å². The molecule has 0 radical (unpaired) electrons. The third-order valence-corrected chi connectivity index (χ3v) is 4.17. The van der Waals surface area contributed by atoms with Crippen LogP contribution in [0.3, 0.4) is 0 Å². The number of benzene rings is 1. The van der Waals surface area contributed by atoms with Crippen molar-refractivity contribution < 1.29 is 9.90 Å². The van der Waals surface area contributed by atoms with E-state index in [1.165, 1.54) is 5.56 Å². The van der Waals surface area contributed by atoms with Gasteiger partial charge in [-0.25, -0.2) is 0 Å². The molecule has 1 aromatic carbocycles. The number of hydrogen-bond acceptors (Lipinski definition) is 3. The van der Waals surface area contributed by atoms with E-state index in [4.69, 9.17) is 5.73 Å². The minimum atomic E-state index is -0.518. The van der Waals surface area contributed by atoms with Crippen LogP contribution in [0.2, 0.25) is 0 Å². The summed E-state index contributed by atoms with van der Waals surface area (Å²) in [6.07, 6.45) is 4.04. The summed E-state index contributed by atoms with van der Waals surface area (Å²) >= 11 is 0. The minimum absolute atomic E-state index is 0.395. The van der Waals surface area contributed by atoms with Gasteiger partial charge in [-0.2, -0.15) is 0 Å². The average Bonchev–Trinajstić information content (AvgIpc) is 2.77. The lowest BCUT2D eigenvalue weighted by atomic mass is 10.0. The Hall–Kier alpha value is -1.39. The molecule has 0 unspecified atom stereocenters. The Labute approximate surface area is 120 Å². The van der Waals surface area contributed by atoms with Crippen LogP contribution < -0.4 is 5.73 Å². The molecule has 2 rings (SSSR count). The molecule has 1 aliphatic rings. The van der Waals surface area contributed by atoms with Gasteiger partial charge in [0.1, 0.15) is 0 Å². The van der Waals surface area contributed by atoms with Crippen LogP contribution in [-0.4, -0.2) is 35.1 Å². The van der Waals surface area contributed by atoms with Crippen molar-refractivity contribution in [2.45, 2.75) is 44.8 Å². The number of nitrogens with two attached hydrogens (primary N) is 1. The molecule has 4 heteroatoms. The van der Waals surface area contributed by atoms with E-state index in [0.29, 0.717) is 12.1 Å². The molecule has 1 aromatic rings. The van der Waals surface area contributed by atoms with Crippen LogP contribution in [0.15, 0.2) is 18.2 Å².